The Morgan fingerprint density at radius 1 is 1.24 bits per heavy atom. The van der Waals surface area contributed by atoms with Crippen LogP contribution in [0.25, 0.3) is 0 Å². The summed E-state index contributed by atoms with van der Waals surface area (Å²) in [6.07, 6.45) is 0. The fraction of sp³-hybridized carbons (Fsp3) is 0.312. The zero-order chi connectivity index (χ0) is 15.2. The smallest absolute Gasteiger partial charge is 0.241 e. The molecule has 0 saturated carbocycles. The van der Waals surface area contributed by atoms with Crippen LogP contribution in [-0.4, -0.2) is 31.4 Å². The Balaban J connectivity index is 1.96. The molecule has 4 nitrogen and oxygen atoms in total. The van der Waals surface area contributed by atoms with Crippen molar-refractivity contribution in [3.8, 4) is 0 Å². The van der Waals surface area contributed by atoms with E-state index in [0.29, 0.717) is 6.54 Å². The Kier molecular flexibility index (Phi) is 5.50. The molecule has 3 N–H and O–H groups in total. The second-order valence-corrected chi connectivity index (χ2v) is 6.11. The van der Waals surface area contributed by atoms with Gasteiger partial charge in [-0.3, -0.25) is 4.79 Å². The third-order valence-corrected chi connectivity index (χ3v) is 4.38. The highest BCUT2D eigenvalue weighted by Gasteiger charge is 2.19. The van der Waals surface area contributed by atoms with Gasteiger partial charge in [0, 0.05) is 11.4 Å². The predicted octanol–water partition coefficient (Wildman–Crippen LogP) is 2.17. The Morgan fingerprint density at radius 2 is 1.95 bits per heavy atom. The molecule has 2 aromatic rings. The molecule has 0 radical (unpaired) electrons. The Hall–Kier alpha value is -1.69. The van der Waals surface area contributed by atoms with Gasteiger partial charge >= 0.3 is 0 Å². The van der Waals surface area contributed by atoms with E-state index in [1.165, 1.54) is 4.88 Å². The van der Waals surface area contributed by atoms with E-state index in [0.717, 1.165) is 5.56 Å². The third kappa shape index (κ3) is 4.14. The summed E-state index contributed by atoms with van der Waals surface area (Å²) in [5.41, 5.74) is 6.82. The fourth-order valence-corrected chi connectivity index (χ4v) is 3.06. The number of likely N-dealkylation sites (N-methyl/N-ethyl adjacent to an activating group) is 1. The van der Waals surface area contributed by atoms with Crippen molar-refractivity contribution >= 4 is 17.2 Å². The number of carbonyl (C=O) groups excluding carboxylic acids is 1. The number of nitrogens with one attached hydrogen (secondary N) is 1. The monoisotopic (exact) mass is 303 g/mol. The minimum atomic E-state index is -0.627. The van der Waals surface area contributed by atoms with Crippen molar-refractivity contribution < 1.29 is 4.79 Å². The van der Waals surface area contributed by atoms with Crippen molar-refractivity contribution in [2.75, 3.05) is 20.6 Å². The van der Waals surface area contributed by atoms with Gasteiger partial charge in [0.25, 0.3) is 0 Å². The molecule has 0 spiro atoms. The normalized spacial score (nSPS) is 13.9. The van der Waals surface area contributed by atoms with Gasteiger partial charge in [-0.2, -0.15) is 0 Å². The van der Waals surface area contributed by atoms with Gasteiger partial charge in [-0.15, -0.1) is 11.3 Å². The van der Waals surface area contributed by atoms with Gasteiger partial charge < -0.3 is 16.0 Å². The number of amides is 1. The lowest BCUT2D eigenvalue weighted by Gasteiger charge is -2.24. The number of nitrogens with zero attached hydrogens (tertiary/aromatic N) is 1. The lowest BCUT2D eigenvalue weighted by atomic mass is 10.1. The highest BCUT2D eigenvalue weighted by atomic mass is 32.1. The van der Waals surface area contributed by atoms with E-state index in [-0.39, 0.29) is 11.9 Å². The highest BCUT2D eigenvalue weighted by Crippen LogP contribution is 2.22. The first kappa shape index (κ1) is 15.7. The molecular formula is C16H21N3OS. The average molecular weight is 303 g/mol. The van der Waals surface area contributed by atoms with E-state index >= 15 is 0 Å². The summed E-state index contributed by atoms with van der Waals surface area (Å²) in [4.78, 5) is 15.5. The molecule has 5 heteroatoms. The maximum absolute atomic E-state index is 12.2. The van der Waals surface area contributed by atoms with Crippen molar-refractivity contribution in [2.24, 2.45) is 5.73 Å². The zero-order valence-electron chi connectivity index (χ0n) is 12.3. The maximum Gasteiger partial charge on any atom is 0.241 e. The second kappa shape index (κ2) is 7.36. The van der Waals surface area contributed by atoms with E-state index in [1.54, 1.807) is 11.3 Å². The summed E-state index contributed by atoms with van der Waals surface area (Å²) >= 11 is 1.69. The Morgan fingerprint density at radius 3 is 2.52 bits per heavy atom. The standard InChI is InChI=1S/C16H21N3OS/c1-19(2)13(14-9-6-10-21-14)11-18-16(20)15(17)12-7-4-3-5-8-12/h3-10,13,15H,11,17H2,1-2H3,(H,18,20)/t13?,15-/m0/s1. The maximum atomic E-state index is 12.2. The SMILES string of the molecule is CN(C)C(CNC(=O)[C@@H](N)c1ccccc1)c1cccs1. The third-order valence-electron chi connectivity index (χ3n) is 3.41. The topological polar surface area (TPSA) is 58.4 Å². The van der Waals surface area contributed by atoms with Crippen LogP contribution in [0.1, 0.15) is 22.5 Å². The number of benzene rings is 1. The quantitative estimate of drug-likeness (QED) is 0.860. The van der Waals surface area contributed by atoms with Crippen molar-refractivity contribution in [1.82, 2.24) is 10.2 Å². The Labute approximate surface area is 129 Å². The molecule has 0 aliphatic carbocycles. The summed E-state index contributed by atoms with van der Waals surface area (Å²) < 4.78 is 0. The number of nitrogens with two attached hydrogens (primary N) is 1. The molecule has 1 aromatic heterocycles. The van der Waals surface area contributed by atoms with E-state index < -0.39 is 6.04 Å². The molecule has 0 bridgehead atoms. The van der Waals surface area contributed by atoms with Crippen molar-refractivity contribution in [3.05, 3.63) is 58.3 Å². The Bertz CT molecular complexity index is 554. The largest absolute Gasteiger partial charge is 0.352 e. The van der Waals surface area contributed by atoms with Crippen LogP contribution in [0.4, 0.5) is 0 Å². The molecule has 2 rings (SSSR count). The van der Waals surface area contributed by atoms with E-state index in [9.17, 15) is 4.79 Å². The van der Waals surface area contributed by atoms with Gasteiger partial charge in [-0.05, 0) is 31.1 Å². The molecule has 1 heterocycles. The van der Waals surface area contributed by atoms with Crippen LogP contribution in [0.3, 0.4) is 0 Å². The van der Waals surface area contributed by atoms with Gasteiger partial charge in [0.05, 0.1) is 6.04 Å². The lowest BCUT2D eigenvalue weighted by Crippen LogP contribution is -2.39. The average Bonchev–Trinajstić information content (AvgIpc) is 3.01. The van der Waals surface area contributed by atoms with Crippen LogP contribution in [0.5, 0.6) is 0 Å². The van der Waals surface area contributed by atoms with Crippen molar-refractivity contribution in [2.45, 2.75) is 12.1 Å². The molecular weight excluding hydrogens is 282 g/mol. The van der Waals surface area contributed by atoms with Gasteiger partial charge in [-0.1, -0.05) is 36.4 Å². The number of carbonyl (C=O) groups is 1. The summed E-state index contributed by atoms with van der Waals surface area (Å²) in [6.45, 7) is 0.548. The predicted molar refractivity (Wildman–Crippen MR) is 87.1 cm³/mol. The first-order valence-corrected chi connectivity index (χ1v) is 7.75. The fourth-order valence-electron chi connectivity index (χ4n) is 2.14. The summed E-state index contributed by atoms with van der Waals surface area (Å²) in [7, 11) is 4.02. The van der Waals surface area contributed by atoms with Gasteiger partial charge in [0.2, 0.25) is 5.91 Å². The van der Waals surface area contributed by atoms with Crippen LogP contribution in [0.2, 0.25) is 0 Å². The van der Waals surface area contributed by atoms with Crippen LogP contribution in [0.15, 0.2) is 47.8 Å². The number of rotatable bonds is 6. The van der Waals surface area contributed by atoms with E-state index in [4.69, 9.17) is 5.73 Å². The lowest BCUT2D eigenvalue weighted by molar-refractivity contribution is -0.122. The van der Waals surface area contributed by atoms with Crippen LogP contribution in [0, 0.1) is 0 Å². The van der Waals surface area contributed by atoms with Crippen LogP contribution in [-0.2, 0) is 4.79 Å². The molecule has 2 atom stereocenters. The van der Waals surface area contributed by atoms with Crippen molar-refractivity contribution in [3.63, 3.8) is 0 Å². The van der Waals surface area contributed by atoms with Gasteiger partial charge in [0.15, 0.2) is 0 Å². The van der Waals surface area contributed by atoms with Gasteiger partial charge in [-0.25, -0.2) is 0 Å². The minimum Gasteiger partial charge on any atom is -0.352 e. The minimum absolute atomic E-state index is 0.149. The second-order valence-electron chi connectivity index (χ2n) is 5.13. The van der Waals surface area contributed by atoms with Crippen LogP contribution >= 0.6 is 11.3 Å². The number of hydrogen-bond donors (Lipinski definition) is 2. The zero-order valence-corrected chi connectivity index (χ0v) is 13.1. The summed E-state index contributed by atoms with van der Waals surface area (Å²) in [5.74, 6) is -0.149. The van der Waals surface area contributed by atoms with Crippen LogP contribution < -0.4 is 11.1 Å². The van der Waals surface area contributed by atoms with Crippen molar-refractivity contribution in [1.29, 1.82) is 0 Å². The molecule has 1 aromatic carbocycles. The molecule has 21 heavy (non-hydrogen) atoms. The van der Waals surface area contributed by atoms with E-state index in [1.807, 2.05) is 55.9 Å². The summed E-state index contributed by atoms with van der Waals surface area (Å²) in [5, 5.41) is 5.00. The molecule has 0 saturated heterocycles. The molecule has 0 fully saturated rings. The molecule has 0 aliphatic heterocycles. The molecule has 1 unspecified atom stereocenters. The number of hydrogen-bond acceptors (Lipinski definition) is 4. The summed E-state index contributed by atoms with van der Waals surface area (Å²) in [6, 6.07) is 13.1. The molecule has 0 aliphatic rings. The number of thiophene rings is 1. The first-order valence-electron chi connectivity index (χ1n) is 6.87. The first-order chi connectivity index (χ1) is 10.1. The molecule has 112 valence electrons. The molecule has 1 amide bonds. The van der Waals surface area contributed by atoms with E-state index in [2.05, 4.69) is 16.3 Å². The highest BCUT2D eigenvalue weighted by molar-refractivity contribution is 7.10. The van der Waals surface area contributed by atoms with Gasteiger partial charge in [0.1, 0.15) is 6.04 Å².